The number of amidine groups is 1. The van der Waals surface area contributed by atoms with Crippen LogP contribution in [0.4, 0.5) is 5.69 Å². The molecule has 1 aliphatic carbocycles. The van der Waals surface area contributed by atoms with Gasteiger partial charge in [-0.2, -0.15) is 4.99 Å². The lowest BCUT2D eigenvalue weighted by Crippen LogP contribution is -2.37. The minimum absolute atomic E-state index is 0.0395. The second-order valence-corrected chi connectivity index (χ2v) is 10.3. The van der Waals surface area contributed by atoms with Crippen LogP contribution in [-0.4, -0.2) is 42.3 Å². The zero-order valence-electron chi connectivity index (χ0n) is 13.7. The number of aliphatic imine (C=N–C) groups is 1. The first kappa shape index (κ1) is 16.1. The van der Waals surface area contributed by atoms with E-state index in [4.69, 9.17) is 0 Å². The first-order valence-electron chi connectivity index (χ1n) is 8.20. The molecule has 1 aromatic carbocycles. The molecule has 2 atom stereocenters. The van der Waals surface area contributed by atoms with Gasteiger partial charge in [0.2, 0.25) is 0 Å². The minimum atomic E-state index is -3.02. The van der Waals surface area contributed by atoms with Crippen LogP contribution < -0.4 is 4.90 Å². The summed E-state index contributed by atoms with van der Waals surface area (Å²) in [5, 5.41) is 0.627. The number of hydrogen-bond acceptors (Lipinski definition) is 4. The Labute approximate surface area is 146 Å². The summed E-state index contributed by atoms with van der Waals surface area (Å²) >= 11 is 1.45. The Morgan fingerprint density at radius 1 is 1.21 bits per heavy atom. The third-order valence-corrected chi connectivity index (χ3v) is 8.18. The summed E-state index contributed by atoms with van der Waals surface area (Å²) in [6.07, 6.45) is 1.84. The van der Waals surface area contributed by atoms with Crippen molar-refractivity contribution in [1.29, 1.82) is 0 Å². The number of sulfone groups is 1. The molecular weight excluding hydrogens is 344 g/mol. The third-order valence-electron chi connectivity index (χ3n) is 4.97. The maximum atomic E-state index is 12.2. The Morgan fingerprint density at radius 3 is 2.62 bits per heavy atom. The maximum Gasteiger partial charge on any atom is 0.251 e. The van der Waals surface area contributed by atoms with Crippen LogP contribution in [0.5, 0.6) is 0 Å². The number of benzene rings is 1. The van der Waals surface area contributed by atoms with Crippen molar-refractivity contribution < 1.29 is 13.2 Å². The lowest BCUT2D eigenvalue weighted by atomic mass is 10.1. The fourth-order valence-electron chi connectivity index (χ4n) is 3.26. The van der Waals surface area contributed by atoms with Gasteiger partial charge in [0.25, 0.3) is 5.91 Å². The highest BCUT2D eigenvalue weighted by atomic mass is 32.2. The average Bonchev–Trinajstić information content (AvgIpc) is 3.23. The summed E-state index contributed by atoms with van der Waals surface area (Å²) in [4.78, 5) is 18.5. The molecule has 3 aliphatic rings. The SMILES string of the molecule is Cc1ccc(N2C(=NC(=O)C3CC3)S[C@H]3CS(=O)(=O)C[C@@H]32)cc1C. The fraction of sp³-hybridized carbons (Fsp3) is 0.529. The first-order chi connectivity index (χ1) is 11.3. The number of fused-ring (bicyclic) bond motifs is 1. The molecule has 0 bridgehead atoms. The smallest absolute Gasteiger partial charge is 0.251 e. The Bertz CT molecular complexity index is 843. The van der Waals surface area contributed by atoms with Crippen molar-refractivity contribution in [1.82, 2.24) is 0 Å². The summed E-state index contributed by atoms with van der Waals surface area (Å²) < 4.78 is 24.1. The van der Waals surface area contributed by atoms with Gasteiger partial charge in [-0.05, 0) is 49.9 Å². The first-order valence-corrected chi connectivity index (χ1v) is 10.9. The monoisotopic (exact) mass is 364 g/mol. The molecule has 0 spiro atoms. The van der Waals surface area contributed by atoms with E-state index in [0.717, 1.165) is 24.1 Å². The number of nitrogens with zero attached hydrogens (tertiary/aromatic N) is 2. The van der Waals surface area contributed by atoms with Crippen LogP contribution in [0.3, 0.4) is 0 Å². The molecular formula is C17H20N2O3S2. The highest BCUT2D eigenvalue weighted by Crippen LogP contribution is 2.42. The van der Waals surface area contributed by atoms with E-state index in [2.05, 4.69) is 11.1 Å². The summed E-state index contributed by atoms with van der Waals surface area (Å²) in [5.41, 5.74) is 3.26. The second kappa shape index (κ2) is 5.59. The molecule has 0 aromatic heterocycles. The molecule has 2 saturated heterocycles. The number of carbonyl (C=O) groups is 1. The predicted molar refractivity (Wildman–Crippen MR) is 97.4 cm³/mol. The molecule has 4 rings (SSSR count). The van der Waals surface area contributed by atoms with Crippen LogP contribution >= 0.6 is 11.8 Å². The molecule has 1 saturated carbocycles. The standard InChI is InChI=1S/C17H20N2O3S2/c1-10-3-6-13(7-11(10)2)19-14-8-24(21,22)9-15(14)23-17(19)18-16(20)12-4-5-12/h3,6-7,12,14-15H,4-5,8-9H2,1-2H3/t14-,15-/m0/s1. The van der Waals surface area contributed by atoms with E-state index in [-0.39, 0.29) is 34.6 Å². The van der Waals surface area contributed by atoms with Crippen LogP contribution in [0.1, 0.15) is 24.0 Å². The summed E-state index contributed by atoms with van der Waals surface area (Å²) in [6.45, 7) is 4.09. The van der Waals surface area contributed by atoms with Gasteiger partial charge < -0.3 is 4.90 Å². The Hall–Kier alpha value is -1.34. The van der Waals surface area contributed by atoms with E-state index in [9.17, 15) is 13.2 Å². The van der Waals surface area contributed by atoms with Gasteiger partial charge in [0.1, 0.15) is 0 Å². The molecule has 2 aliphatic heterocycles. The normalized spacial score (nSPS) is 29.9. The number of aryl methyl sites for hydroxylation is 2. The number of carbonyl (C=O) groups excluding carboxylic acids is 1. The molecule has 128 valence electrons. The number of thioether (sulfide) groups is 1. The molecule has 1 amide bonds. The van der Waals surface area contributed by atoms with Crippen molar-refractivity contribution in [3.05, 3.63) is 29.3 Å². The van der Waals surface area contributed by atoms with Gasteiger partial charge >= 0.3 is 0 Å². The Kier molecular flexibility index (Phi) is 3.76. The molecule has 0 unspecified atom stereocenters. The van der Waals surface area contributed by atoms with Crippen molar-refractivity contribution >= 4 is 38.4 Å². The van der Waals surface area contributed by atoms with Crippen LogP contribution in [-0.2, 0) is 14.6 Å². The van der Waals surface area contributed by atoms with Crippen molar-refractivity contribution in [2.75, 3.05) is 16.4 Å². The Balaban J connectivity index is 1.74. The van der Waals surface area contributed by atoms with E-state index in [0.29, 0.717) is 5.17 Å². The van der Waals surface area contributed by atoms with Gasteiger partial charge in [-0.3, -0.25) is 4.79 Å². The quantitative estimate of drug-likeness (QED) is 0.806. The number of rotatable bonds is 2. The molecule has 1 aromatic rings. The lowest BCUT2D eigenvalue weighted by Gasteiger charge is -2.25. The third kappa shape index (κ3) is 2.88. The number of anilines is 1. The number of amides is 1. The molecule has 24 heavy (non-hydrogen) atoms. The van der Waals surface area contributed by atoms with E-state index in [1.165, 1.54) is 17.3 Å². The summed E-state index contributed by atoms with van der Waals surface area (Å²) in [7, 11) is -3.02. The van der Waals surface area contributed by atoms with Gasteiger partial charge in [-0.1, -0.05) is 17.8 Å². The zero-order chi connectivity index (χ0) is 17.1. The zero-order valence-corrected chi connectivity index (χ0v) is 15.4. The predicted octanol–water partition coefficient (Wildman–Crippen LogP) is 2.31. The lowest BCUT2D eigenvalue weighted by molar-refractivity contribution is -0.118. The van der Waals surface area contributed by atoms with Crippen molar-refractivity contribution in [2.45, 2.75) is 38.0 Å². The van der Waals surface area contributed by atoms with Gasteiger partial charge in [-0.25, -0.2) is 8.42 Å². The van der Waals surface area contributed by atoms with Crippen LogP contribution in [0.25, 0.3) is 0 Å². The molecule has 0 N–H and O–H groups in total. The van der Waals surface area contributed by atoms with E-state index >= 15 is 0 Å². The van der Waals surface area contributed by atoms with E-state index in [1.807, 2.05) is 30.9 Å². The highest BCUT2D eigenvalue weighted by Gasteiger charge is 2.49. The van der Waals surface area contributed by atoms with Gasteiger partial charge in [-0.15, -0.1) is 0 Å². The molecule has 5 nitrogen and oxygen atoms in total. The van der Waals surface area contributed by atoms with Crippen LogP contribution in [0, 0.1) is 19.8 Å². The number of hydrogen-bond donors (Lipinski definition) is 0. The topological polar surface area (TPSA) is 66.8 Å². The average molecular weight is 364 g/mol. The van der Waals surface area contributed by atoms with Gasteiger partial charge in [0.15, 0.2) is 15.0 Å². The van der Waals surface area contributed by atoms with E-state index in [1.54, 1.807) is 0 Å². The van der Waals surface area contributed by atoms with Crippen LogP contribution in [0.2, 0.25) is 0 Å². The summed E-state index contributed by atoms with van der Waals surface area (Å²) in [5.74, 6) is 0.312. The maximum absolute atomic E-state index is 12.2. The van der Waals surface area contributed by atoms with E-state index < -0.39 is 9.84 Å². The van der Waals surface area contributed by atoms with Crippen molar-refractivity contribution in [2.24, 2.45) is 10.9 Å². The van der Waals surface area contributed by atoms with Crippen LogP contribution in [0.15, 0.2) is 23.2 Å². The van der Waals surface area contributed by atoms with Crippen molar-refractivity contribution in [3.8, 4) is 0 Å². The van der Waals surface area contributed by atoms with Gasteiger partial charge in [0, 0.05) is 16.9 Å². The molecule has 0 radical (unpaired) electrons. The fourth-order valence-corrected chi connectivity index (χ4v) is 7.18. The second-order valence-electron chi connectivity index (χ2n) is 6.95. The molecule has 2 heterocycles. The minimum Gasteiger partial charge on any atom is -0.316 e. The highest BCUT2D eigenvalue weighted by molar-refractivity contribution is 8.16. The Morgan fingerprint density at radius 2 is 1.96 bits per heavy atom. The van der Waals surface area contributed by atoms with Gasteiger partial charge in [0.05, 0.1) is 17.5 Å². The molecule has 3 fully saturated rings. The molecule has 7 heteroatoms. The van der Waals surface area contributed by atoms with Crippen molar-refractivity contribution in [3.63, 3.8) is 0 Å². The summed E-state index contributed by atoms with van der Waals surface area (Å²) in [6, 6.07) is 5.95. The largest absolute Gasteiger partial charge is 0.316 e.